The average molecular weight is 261 g/mol. The molecule has 2 nitrogen and oxygen atoms in total. The monoisotopic (exact) mass is 261 g/mol. The molecule has 0 saturated heterocycles. The largest absolute Gasteiger partial charge is 0.493 e. The van der Waals surface area contributed by atoms with E-state index in [1.54, 1.807) is 0 Å². The topological polar surface area (TPSA) is 35.2 Å². The fourth-order valence-electron chi connectivity index (χ4n) is 2.78. The summed E-state index contributed by atoms with van der Waals surface area (Å²) in [7, 11) is 0. The van der Waals surface area contributed by atoms with E-state index in [0.717, 1.165) is 31.1 Å². The lowest BCUT2D eigenvalue weighted by Crippen LogP contribution is -2.21. The van der Waals surface area contributed by atoms with Crippen molar-refractivity contribution in [1.29, 1.82) is 0 Å². The molecule has 2 heteroatoms. The van der Waals surface area contributed by atoms with Crippen molar-refractivity contribution in [3.63, 3.8) is 0 Å². The van der Waals surface area contributed by atoms with Crippen LogP contribution >= 0.6 is 0 Å². The molecule has 1 fully saturated rings. The Morgan fingerprint density at radius 3 is 2.79 bits per heavy atom. The van der Waals surface area contributed by atoms with Gasteiger partial charge in [0.05, 0.1) is 6.61 Å². The van der Waals surface area contributed by atoms with Crippen molar-refractivity contribution in [2.45, 2.75) is 57.9 Å². The van der Waals surface area contributed by atoms with Gasteiger partial charge >= 0.3 is 0 Å². The molecular weight excluding hydrogens is 234 g/mol. The number of hydrogen-bond donors (Lipinski definition) is 1. The van der Waals surface area contributed by atoms with E-state index in [-0.39, 0.29) is 6.04 Å². The average Bonchev–Trinajstić information content (AvgIpc) is 2.46. The van der Waals surface area contributed by atoms with Crippen molar-refractivity contribution in [3.05, 3.63) is 29.8 Å². The Bertz CT molecular complexity index is 371. The maximum Gasteiger partial charge on any atom is 0.119 e. The highest BCUT2D eigenvalue weighted by Crippen LogP contribution is 2.25. The maximum atomic E-state index is 6.01. The van der Waals surface area contributed by atoms with Gasteiger partial charge in [-0.3, -0.25) is 0 Å². The first-order valence-corrected chi connectivity index (χ1v) is 7.75. The van der Waals surface area contributed by atoms with E-state index in [9.17, 15) is 0 Å². The summed E-state index contributed by atoms with van der Waals surface area (Å²) in [6.45, 7) is 3.01. The summed E-state index contributed by atoms with van der Waals surface area (Å²) in [5, 5.41) is 0. The van der Waals surface area contributed by atoms with E-state index in [0.29, 0.717) is 0 Å². The lowest BCUT2D eigenvalue weighted by atomic mass is 9.90. The minimum atomic E-state index is 0.258. The van der Waals surface area contributed by atoms with Gasteiger partial charge in [-0.1, -0.05) is 38.3 Å². The molecule has 1 saturated carbocycles. The normalized spacial score (nSPS) is 18.2. The Kier molecular flexibility index (Phi) is 5.71. The summed E-state index contributed by atoms with van der Waals surface area (Å²) in [4.78, 5) is 0. The molecule has 0 aliphatic heterocycles. The van der Waals surface area contributed by atoms with Crippen molar-refractivity contribution < 1.29 is 4.74 Å². The molecule has 1 aromatic carbocycles. The smallest absolute Gasteiger partial charge is 0.119 e. The summed E-state index contributed by atoms with van der Waals surface area (Å²) < 4.78 is 5.96. The molecule has 2 N–H and O–H groups in total. The molecule has 19 heavy (non-hydrogen) atoms. The van der Waals surface area contributed by atoms with Crippen LogP contribution in [0, 0.1) is 5.92 Å². The number of nitrogens with two attached hydrogens (primary N) is 1. The second-order valence-electron chi connectivity index (χ2n) is 5.83. The van der Waals surface area contributed by atoms with Gasteiger partial charge in [-0.05, 0) is 49.3 Å². The van der Waals surface area contributed by atoms with Gasteiger partial charge in [0.2, 0.25) is 0 Å². The second-order valence-corrected chi connectivity index (χ2v) is 5.83. The fourth-order valence-corrected chi connectivity index (χ4v) is 2.78. The summed E-state index contributed by atoms with van der Waals surface area (Å²) in [5.41, 5.74) is 7.29. The summed E-state index contributed by atoms with van der Waals surface area (Å²) >= 11 is 0. The Balaban J connectivity index is 1.84. The second kappa shape index (κ2) is 7.54. The Hall–Kier alpha value is -1.02. The van der Waals surface area contributed by atoms with Crippen molar-refractivity contribution >= 4 is 0 Å². The highest BCUT2D eigenvalue weighted by atomic mass is 16.5. The zero-order valence-electron chi connectivity index (χ0n) is 12.1. The summed E-state index contributed by atoms with van der Waals surface area (Å²) in [5.74, 6) is 1.77. The molecule has 0 aromatic heterocycles. The first-order valence-electron chi connectivity index (χ1n) is 7.75. The van der Waals surface area contributed by atoms with Gasteiger partial charge < -0.3 is 10.5 Å². The fraction of sp³-hybridized carbons (Fsp3) is 0.647. The first kappa shape index (κ1) is 14.4. The van der Waals surface area contributed by atoms with Crippen LogP contribution in [0.5, 0.6) is 5.75 Å². The maximum absolute atomic E-state index is 6.01. The molecule has 0 bridgehead atoms. The van der Waals surface area contributed by atoms with E-state index in [2.05, 4.69) is 31.2 Å². The van der Waals surface area contributed by atoms with E-state index in [1.807, 2.05) is 0 Å². The van der Waals surface area contributed by atoms with Gasteiger partial charge in [-0.2, -0.15) is 0 Å². The van der Waals surface area contributed by atoms with Crippen LogP contribution in [-0.4, -0.2) is 12.6 Å². The SMILES string of the molecule is CCC(N)Cc1cccc(OCC2CCCCC2)c1. The number of hydrogen-bond acceptors (Lipinski definition) is 2. The van der Waals surface area contributed by atoms with E-state index >= 15 is 0 Å². The lowest BCUT2D eigenvalue weighted by Gasteiger charge is -2.21. The third kappa shape index (κ3) is 4.87. The van der Waals surface area contributed by atoms with Crippen LogP contribution in [0.15, 0.2) is 24.3 Å². The number of ether oxygens (including phenoxy) is 1. The van der Waals surface area contributed by atoms with Crippen molar-refractivity contribution in [2.75, 3.05) is 6.61 Å². The number of rotatable bonds is 6. The van der Waals surface area contributed by atoms with Gasteiger partial charge in [-0.25, -0.2) is 0 Å². The lowest BCUT2D eigenvalue weighted by molar-refractivity contribution is 0.208. The zero-order chi connectivity index (χ0) is 13.5. The van der Waals surface area contributed by atoms with Crippen molar-refractivity contribution in [3.8, 4) is 5.75 Å². The van der Waals surface area contributed by atoms with E-state index in [1.165, 1.54) is 37.7 Å². The molecule has 1 atom stereocenters. The Morgan fingerprint density at radius 2 is 2.05 bits per heavy atom. The summed E-state index contributed by atoms with van der Waals surface area (Å²) in [6.07, 6.45) is 8.78. The van der Waals surface area contributed by atoms with Crippen LogP contribution in [0.2, 0.25) is 0 Å². The van der Waals surface area contributed by atoms with Gasteiger partial charge in [0.1, 0.15) is 5.75 Å². The third-order valence-corrected chi connectivity index (χ3v) is 4.13. The molecule has 2 rings (SSSR count). The molecule has 0 amide bonds. The third-order valence-electron chi connectivity index (χ3n) is 4.13. The quantitative estimate of drug-likeness (QED) is 0.842. The van der Waals surface area contributed by atoms with Gasteiger partial charge in [0.25, 0.3) is 0 Å². The van der Waals surface area contributed by atoms with E-state index in [4.69, 9.17) is 10.5 Å². The predicted octanol–water partition coefficient (Wildman–Crippen LogP) is 3.93. The standard InChI is InChI=1S/C17H27NO/c1-2-16(18)11-15-9-6-10-17(12-15)19-13-14-7-4-3-5-8-14/h6,9-10,12,14,16H,2-5,7-8,11,13,18H2,1H3. The Morgan fingerprint density at radius 1 is 1.26 bits per heavy atom. The molecule has 0 spiro atoms. The molecule has 106 valence electrons. The van der Waals surface area contributed by atoms with Crippen LogP contribution in [0.1, 0.15) is 51.0 Å². The molecular formula is C17H27NO. The molecule has 1 aliphatic carbocycles. The van der Waals surface area contributed by atoms with E-state index < -0.39 is 0 Å². The van der Waals surface area contributed by atoms with Crippen LogP contribution in [-0.2, 0) is 6.42 Å². The van der Waals surface area contributed by atoms with Crippen LogP contribution in [0.25, 0.3) is 0 Å². The van der Waals surface area contributed by atoms with Crippen molar-refractivity contribution in [2.24, 2.45) is 11.7 Å². The molecule has 1 aromatic rings. The van der Waals surface area contributed by atoms with Gasteiger partial charge in [0.15, 0.2) is 0 Å². The summed E-state index contributed by atoms with van der Waals surface area (Å²) in [6, 6.07) is 8.69. The van der Waals surface area contributed by atoms with Crippen molar-refractivity contribution in [1.82, 2.24) is 0 Å². The molecule has 1 unspecified atom stereocenters. The van der Waals surface area contributed by atoms with Crippen LogP contribution < -0.4 is 10.5 Å². The number of benzene rings is 1. The Labute approximate surface area is 117 Å². The predicted molar refractivity (Wildman–Crippen MR) is 80.5 cm³/mol. The molecule has 1 aliphatic rings. The zero-order valence-corrected chi connectivity index (χ0v) is 12.1. The molecule has 0 heterocycles. The van der Waals surface area contributed by atoms with Gasteiger partial charge in [0, 0.05) is 6.04 Å². The molecule has 0 radical (unpaired) electrons. The van der Waals surface area contributed by atoms with Crippen LogP contribution in [0.4, 0.5) is 0 Å². The minimum absolute atomic E-state index is 0.258. The highest BCUT2D eigenvalue weighted by Gasteiger charge is 2.14. The first-order chi connectivity index (χ1) is 9.28. The van der Waals surface area contributed by atoms with Gasteiger partial charge in [-0.15, -0.1) is 0 Å². The highest BCUT2D eigenvalue weighted by molar-refractivity contribution is 5.29. The van der Waals surface area contributed by atoms with Crippen LogP contribution in [0.3, 0.4) is 0 Å². The minimum Gasteiger partial charge on any atom is -0.493 e.